The van der Waals surface area contributed by atoms with Crippen molar-refractivity contribution in [3.8, 4) is 11.4 Å². The normalized spacial score (nSPS) is 21.5. The number of nitrogens with one attached hydrogen (secondary N) is 2. The van der Waals surface area contributed by atoms with E-state index in [1.54, 1.807) is 18.5 Å². The molecule has 12 heteroatoms. The van der Waals surface area contributed by atoms with E-state index in [1.807, 2.05) is 6.07 Å². The molecule has 11 nitrogen and oxygen atoms in total. The fourth-order valence-corrected chi connectivity index (χ4v) is 6.61. The summed E-state index contributed by atoms with van der Waals surface area (Å²) in [6, 6.07) is 3.58. The summed E-state index contributed by atoms with van der Waals surface area (Å²) >= 11 is 0. The van der Waals surface area contributed by atoms with E-state index >= 15 is 0 Å². The van der Waals surface area contributed by atoms with E-state index in [4.69, 9.17) is 5.73 Å². The van der Waals surface area contributed by atoms with Gasteiger partial charge in [-0.3, -0.25) is 4.79 Å². The number of aromatic nitrogens is 5. The van der Waals surface area contributed by atoms with Gasteiger partial charge in [0.15, 0.2) is 11.6 Å². The Hall–Kier alpha value is -3.38. The average Bonchev–Trinajstić information content (AvgIpc) is 3.89. The third-order valence-electron chi connectivity index (χ3n) is 7.93. The monoisotopic (exact) mass is 550 g/mol. The number of anilines is 3. The van der Waals surface area contributed by atoms with Crippen molar-refractivity contribution in [2.75, 3.05) is 23.7 Å². The van der Waals surface area contributed by atoms with Crippen molar-refractivity contribution in [1.29, 1.82) is 0 Å². The van der Waals surface area contributed by atoms with Gasteiger partial charge in [-0.05, 0) is 75.8 Å². The van der Waals surface area contributed by atoms with Crippen LogP contribution in [0.15, 0.2) is 36.9 Å². The largest absolute Gasteiger partial charge is 0.384 e. The quantitative estimate of drug-likeness (QED) is 0.301. The maximum Gasteiger partial charge on any atom is 0.256 e. The van der Waals surface area contributed by atoms with Crippen LogP contribution in [-0.4, -0.2) is 56.7 Å². The smallest absolute Gasteiger partial charge is 0.256 e. The molecule has 39 heavy (non-hydrogen) atoms. The molecule has 3 aliphatic carbocycles. The predicted molar refractivity (Wildman–Crippen MR) is 148 cm³/mol. The first kappa shape index (κ1) is 25.9. The first-order chi connectivity index (χ1) is 18.9. The molecule has 0 saturated heterocycles. The number of hydrogen-bond donors (Lipinski definition) is 3. The summed E-state index contributed by atoms with van der Waals surface area (Å²) in [7, 11) is -3.46. The highest BCUT2D eigenvalue weighted by Crippen LogP contribution is 2.36. The zero-order chi connectivity index (χ0) is 27.0. The highest BCUT2D eigenvalue weighted by molar-refractivity contribution is 7.90. The van der Waals surface area contributed by atoms with Crippen LogP contribution in [0.25, 0.3) is 11.4 Å². The van der Waals surface area contributed by atoms with E-state index in [2.05, 4.69) is 30.7 Å². The average molecular weight is 551 g/mol. The second-order valence-electron chi connectivity index (χ2n) is 11.0. The molecule has 0 aromatic carbocycles. The van der Waals surface area contributed by atoms with Gasteiger partial charge in [-0.15, -0.1) is 0 Å². The number of nitrogens with zero attached hydrogens (tertiary/aromatic N) is 5. The molecule has 0 unspecified atom stereocenters. The number of hydrogen-bond acceptors (Lipinski definition) is 10. The van der Waals surface area contributed by atoms with Crippen molar-refractivity contribution in [3.05, 3.63) is 42.5 Å². The van der Waals surface area contributed by atoms with Gasteiger partial charge in [0.1, 0.15) is 11.6 Å². The molecule has 3 fully saturated rings. The molecule has 0 bridgehead atoms. The zero-order valence-corrected chi connectivity index (χ0v) is 22.6. The molecule has 3 heterocycles. The predicted octanol–water partition coefficient (Wildman–Crippen LogP) is 3.59. The maximum absolute atomic E-state index is 13.0. The number of pyridine rings is 1. The summed E-state index contributed by atoms with van der Waals surface area (Å²) in [5.41, 5.74) is 7.77. The minimum Gasteiger partial charge on any atom is -0.384 e. The molecule has 3 aromatic heterocycles. The Morgan fingerprint density at radius 3 is 2.49 bits per heavy atom. The summed E-state index contributed by atoms with van der Waals surface area (Å²) in [5.74, 6) is 2.82. The molecule has 3 aromatic rings. The summed E-state index contributed by atoms with van der Waals surface area (Å²) in [6.45, 7) is 1.56. The molecular formula is C27H34N8O3S. The van der Waals surface area contributed by atoms with E-state index in [0.29, 0.717) is 53.3 Å². The Labute approximate surface area is 228 Å². The van der Waals surface area contributed by atoms with Crippen molar-refractivity contribution >= 4 is 33.1 Å². The Morgan fingerprint density at radius 2 is 1.77 bits per heavy atom. The molecule has 0 spiro atoms. The third-order valence-corrected chi connectivity index (χ3v) is 9.97. The Kier molecular flexibility index (Phi) is 7.06. The van der Waals surface area contributed by atoms with Crippen molar-refractivity contribution in [2.24, 2.45) is 23.5 Å². The summed E-state index contributed by atoms with van der Waals surface area (Å²) < 4.78 is 26.0. The van der Waals surface area contributed by atoms with E-state index in [9.17, 15) is 13.2 Å². The van der Waals surface area contributed by atoms with Crippen LogP contribution in [0, 0.1) is 17.8 Å². The molecule has 0 radical (unpaired) electrons. The molecule has 0 amide bonds. The number of rotatable bonds is 11. The van der Waals surface area contributed by atoms with Gasteiger partial charge in [0.05, 0.1) is 34.5 Å². The summed E-state index contributed by atoms with van der Waals surface area (Å²) in [6.07, 6.45) is 13.9. The van der Waals surface area contributed by atoms with Gasteiger partial charge in [0, 0.05) is 30.9 Å². The van der Waals surface area contributed by atoms with E-state index in [-0.39, 0.29) is 17.0 Å². The molecule has 6 rings (SSSR count). The molecule has 0 atom stereocenters. The molecule has 4 N–H and O–H groups in total. The Morgan fingerprint density at radius 1 is 1.00 bits per heavy atom. The van der Waals surface area contributed by atoms with Gasteiger partial charge in [-0.25, -0.2) is 23.4 Å². The van der Waals surface area contributed by atoms with Crippen molar-refractivity contribution < 1.29 is 13.2 Å². The third kappa shape index (κ3) is 5.81. The van der Waals surface area contributed by atoms with Gasteiger partial charge < -0.3 is 16.4 Å². The Balaban J connectivity index is 1.18. The van der Waals surface area contributed by atoms with Gasteiger partial charge in [-0.1, -0.05) is 0 Å². The van der Waals surface area contributed by atoms with Crippen molar-refractivity contribution in [2.45, 2.75) is 56.6 Å². The standard InChI is InChI=1S/C27H34N8O3S/c28-12-17-1-3-18(4-2-17)13-30-23-11-25(31-15-22(23)26(36)19-5-6-19)33-24-9-10-29-27(34-24)20-14-32-35(16-20)39(37,38)21-7-8-21/h9-11,14-19,21H,1-8,12-13,28H2,(H2,29,30,31,33,34). The first-order valence-electron chi connectivity index (χ1n) is 13.8. The van der Waals surface area contributed by atoms with Crippen molar-refractivity contribution in [1.82, 2.24) is 24.1 Å². The van der Waals surface area contributed by atoms with Crippen molar-refractivity contribution in [3.63, 3.8) is 0 Å². The van der Waals surface area contributed by atoms with E-state index < -0.39 is 10.0 Å². The molecule has 3 saturated carbocycles. The fourth-order valence-electron chi connectivity index (χ4n) is 5.13. The second-order valence-corrected chi connectivity index (χ2v) is 13.1. The zero-order valence-electron chi connectivity index (χ0n) is 21.8. The topological polar surface area (TPSA) is 158 Å². The van der Waals surface area contributed by atoms with E-state index in [0.717, 1.165) is 61.4 Å². The number of ketones is 1. The Bertz CT molecular complexity index is 1460. The van der Waals surface area contributed by atoms with Gasteiger partial charge in [0.25, 0.3) is 10.0 Å². The van der Waals surface area contributed by atoms with Crippen LogP contribution in [0.1, 0.15) is 61.7 Å². The lowest BCUT2D eigenvalue weighted by atomic mass is 9.82. The van der Waals surface area contributed by atoms with Crippen LogP contribution in [0.2, 0.25) is 0 Å². The van der Waals surface area contributed by atoms with Gasteiger partial charge in [0.2, 0.25) is 0 Å². The lowest BCUT2D eigenvalue weighted by Crippen LogP contribution is -2.25. The lowest BCUT2D eigenvalue weighted by Gasteiger charge is -2.28. The van der Waals surface area contributed by atoms with Crippen LogP contribution in [-0.2, 0) is 10.0 Å². The number of Topliss-reactive ketones (excluding diaryl/α,β-unsaturated/α-hetero) is 1. The van der Waals surface area contributed by atoms with Gasteiger partial charge in [-0.2, -0.15) is 9.19 Å². The minimum atomic E-state index is -3.46. The maximum atomic E-state index is 13.0. The van der Waals surface area contributed by atoms with Crippen LogP contribution in [0.4, 0.5) is 17.3 Å². The highest BCUT2D eigenvalue weighted by atomic mass is 32.2. The fraction of sp³-hybridized carbons (Fsp3) is 0.519. The molecule has 206 valence electrons. The van der Waals surface area contributed by atoms with Gasteiger partial charge >= 0.3 is 0 Å². The van der Waals surface area contributed by atoms with Crippen LogP contribution in [0.3, 0.4) is 0 Å². The molecular weight excluding hydrogens is 516 g/mol. The first-order valence-corrected chi connectivity index (χ1v) is 15.3. The van der Waals surface area contributed by atoms with E-state index in [1.165, 1.54) is 12.4 Å². The number of nitrogens with two attached hydrogens (primary N) is 1. The van der Waals surface area contributed by atoms with Crippen LogP contribution >= 0.6 is 0 Å². The van der Waals surface area contributed by atoms with Crippen LogP contribution < -0.4 is 16.4 Å². The minimum absolute atomic E-state index is 0.0974. The van der Waals surface area contributed by atoms with Crippen LogP contribution in [0.5, 0.6) is 0 Å². The lowest BCUT2D eigenvalue weighted by molar-refractivity contribution is 0.0968. The molecule has 3 aliphatic rings. The summed E-state index contributed by atoms with van der Waals surface area (Å²) in [5, 5.41) is 10.4. The highest BCUT2D eigenvalue weighted by Gasteiger charge is 2.38. The number of carbonyl (C=O) groups excluding carboxylic acids is 1. The molecule has 0 aliphatic heterocycles. The summed E-state index contributed by atoms with van der Waals surface area (Å²) in [4.78, 5) is 26.3. The SMILES string of the molecule is NCC1CCC(CNc2cc(Nc3ccnc(-c4cnn(S(=O)(=O)C5CC5)c4)n3)ncc2C(=O)C2CC2)CC1. The number of carbonyl (C=O) groups is 1. The second kappa shape index (κ2) is 10.6.